The molecule has 0 amide bonds. The Bertz CT molecular complexity index is 522. The highest BCUT2D eigenvalue weighted by Gasteiger charge is 2.17. The van der Waals surface area contributed by atoms with Crippen LogP contribution in [0.3, 0.4) is 0 Å². The molecule has 2 rings (SSSR count). The molecule has 0 spiro atoms. The molecule has 0 aromatic carbocycles. The quantitative estimate of drug-likeness (QED) is 0.713. The molecular formula is C18H27N3S. The first-order chi connectivity index (χ1) is 10.8. The minimum Gasteiger partial charge on any atom is -0.301 e. The Morgan fingerprint density at radius 2 is 2.05 bits per heavy atom. The molecule has 0 aliphatic carbocycles. The van der Waals surface area contributed by atoms with E-state index in [1.54, 1.807) is 17.4 Å². The maximum absolute atomic E-state index is 4.79. The van der Waals surface area contributed by atoms with E-state index in [0.29, 0.717) is 0 Å². The molecule has 1 aliphatic rings. The summed E-state index contributed by atoms with van der Waals surface area (Å²) in [7, 11) is 0. The maximum Gasteiger partial charge on any atom is 0.123 e. The maximum atomic E-state index is 4.79. The number of hydrogen-bond donors (Lipinski definition) is 0. The van der Waals surface area contributed by atoms with Crippen molar-refractivity contribution in [3.05, 3.63) is 47.0 Å². The summed E-state index contributed by atoms with van der Waals surface area (Å²) in [5.41, 5.74) is 2.36. The summed E-state index contributed by atoms with van der Waals surface area (Å²) in [4.78, 5) is 9.86. The van der Waals surface area contributed by atoms with Gasteiger partial charge in [0, 0.05) is 43.7 Å². The van der Waals surface area contributed by atoms with Crippen LogP contribution in [0.5, 0.6) is 0 Å². The fourth-order valence-corrected chi connectivity index (χ4v) is 3.56. The normalized spacial score (nSPS) is 18.2. The van der Waals surface area contributed by atoms with Gasteiger partial charge in [0.1, 0.15) is 5.01 Å². The number of hydrogen-bond acceptors (Lipinski definition) is 4. The van der Waals surface area contributed by atoms with E-state index in [-0.39, 0.29) is 0 Å². The second kappa shape index (κ2) is 9.03. The van der Waals surface area contributed by atoms with Gasteiger partial charge in [-0.05, 0) is 19.9 Å². The number of piperazine rings is 1. The van der Waals surface area contributed by atoms with Gasteiger partial charge in [0.05, 0.1) is 5.69 Å². The zero-order chi connectivity index (χ0) is 15.8. The van der Waals surface area contributed by atoms with Crippen LogP contribution in [0.15, 0.2) is 36.3 Å². The zero-order valence-corrected chi connectivity index (χ0v) is 14.6. The molecule has 0 atom stereocenters. The van der Waals surface area contributed by atoms with Crippen LogP contribution in [0.1, 0.15) is 31.0 Å². The Labute approximate surface area is 138 Å². The van der Waals surface area contributed by atoms with Gasteiger partial charge >= 0.3 is 0 Å². The SMILES string of the molecule is C=C/C=C\C(=C/C)c1nc(CN2CCN(CCC)CC2)cs1. The molecule has 0 bridgehead atoms. The van der Waals surface area contributed by atoms with Crippen LogP contribution in [0.2, 0.25) is 0 Å². The van der Waals surface area contributed by atoms with Crippen molar-refractivity contribution in [2.45, 2.75) is 26.8 Å². The fraction of sp³-hybridized carbons (Fsp3) is 0.500. The first kappa shape index (κ1) is 17.1. The summed E-state index contributed by atoms with van der Waals surface area (Å²) >= 11 is 1.73. The summed E-state index contributed by atoms with van der Waals surface area (Å²) in [5, 5.41) is 3.29. The van der Waals surface area contributed by atoms with Gasteiger partial charge in [0.2, 0.25) is 0 Å². The fourth-order valence-electron chi connectivity index (χ4n) is 2.69. The molecule has 1 aromatic heterocycles. The second-order valence-electron chi connectivity index (χ2n) is 5.60. The van der Waals surface area contributed by atoms with Gasteiger partial charge in [0.25, 0.3) is 0 Å². The van der Waals surface area contributed by atoms with Crippen molar-refractivity contribution in [2.24, 2.45) is 0 Å². The minimum absolute atomic E-state index is 0.971. The van der Waals surface area contributed by atoms with Crippen LogP contribution < -0.4 is 0 Å². The first-order valence-electron chi connectivity index (χ1n) is 8.11. The Morgan fingerprint density at radius 1 is 1.32 bits per heavy atom. The average molecular weight is 318 g/mol. The predicted molar refractivity (Wildman–Crippen MR) is 97.1 cm³/mol. The third kappa shape index (κ3) is 4.90. The lowest BCUT2D eigenvalue weighted by Crippen LogP contribution is -2.46. The lowest BCUT2D eigenvalue weighted by molar-refractivity contribution is 0.126. The molecule has 0 unspecified atom stereocenters. The van der Waals surface area contributed by atoms with E-state index in [0.717, 1.165) is 24.6 Å². The van der Waals surface area contributed by atoms with E-state index in [9.17, 15) is 0 Å². The highest BCUT2D eigenvalue weighted by Crippen LogP contribution is 2.21. The standard InChI is InChI=1S/C18H27N3S/c1-4-7-8-16(6-3)18-19-17(15-22-18)14-21-12-10-20(9-5-2)11-13-21/h4,6-8,15H,1,5,9-14H2,2-3H3/b8-7-,16-6+. The summed E-state index contributed by atoms with van der Waals surface area (Å²) in [6.45, 7) is 14.9. The zero-order valence-electron chi connectivity index (χ0n) is 13.8. The van der Waals surface area contributed by atoms with Crippen LogP contribution in [0, 0.1) is 0 Å². The number of nitrogens with zero attached hydrogens (tertiary/aromatic N) is 3. The van der Waals surface area contributed by atoms with Crippen molar-refractivity contribution in [1.29, 1.82) is 0 Å². The third-order valence-corrected chi connectivity index (χ3v) is 4.85. The summed E-state index contributed by atoms with van der Waals surface area (Å²) in [5.74, 6) is 0. The van der Waals surface area contributed by atoms with Crippen molar-refractivity contribution < 1.29 is 0 Å². The van der Waals surface area contributed by atoms with E-state index in [2.05, 4.69) is 47.8 Å². The highest BCUT2D eigenvalue weighted by molar-refractivity contribution is 7.10. The van der Waals surface area contributed by atoms with Gasteiger partial charge in [-0.3, -0.25) is 4.90 Å². The summed E-state index contributed by atoms with van der Waals surface area (Å²) in [6.07, 6.45) is 9.18. The van der Waals surface area contributed by atoms with Crippen molar-refractivity contribution in [2.75, 3.05) is 32.7 Å². The average Bonchev–Trinajstić information content (AvgIpc) is 2.99. The van der Waals surface area contributed by atoms with E-state index < -0.39 is 0 Å². The highest BCUT2D eigenvalue weighted by atomic mass is 32.1. The molecular weight excluding hydrogens is 290 g/mol. The van der Waals surface area contributed by atoms with Gasteiger partial charge in [-0.15, -0.1) is 11.3 Å². The molecule has 2 heterocycles. The monoisotopic (exact) mass is 317 g/mol. The smallest absolute Gasteiger partial charge is 0.123 e. The Hall–Kier alpha value is -1.23. The van der Waals surface area contributed by atoms with Gasteiger partial charge in [-0.2, -0.15) is 0 Å². The van der Waals surface area contributed by atoms with E-state index >= 15 is 0 Å². The van der Waals surface area contributed by atoms with Gasteiger partial charge < -0.3 is 4.90 Å². The van der Waals surface area contributed by atoms with Crippen LogP contribution >= 0.6 is 11.3 Å². The lowest BCUT2D eigenvalue weighted by Gasteiger charge is -2.34. The molecule has 3 nitrogen and oxygen atoms in total. The number of thiazole rings is 1. The van der Waals surface area contributed by atoms with Gasteiger partial charge in [-0.1, -0.05) is 37.8 Å². The minimum atomic E-state index is 0.971. The van der Waals surface area contributed by atoms with Crippen LogP contribution in [0.25, 0.3) is 5.57 Å². The lowest BCUT2D eigenvalue weighted by atomic mass is 10.2. The van der Waals surface area contributed by atoms with Crippen LogP contribution in [0.4, 0.5) is 0 Å². The van der Waals surface area contributed by atoms with Crippen molar-refractivity contribution in [3.63, 3.8) is 0 Å². The van der Waals surface area contributed by atoms with E-state index in [1.807, 2.05) is 6.08 Å². The molecule has 120 valence electrons. The van der Waals surface area contributed by atoms with Gasteiger partial charge in [-0.25, -0.2) is 4.98 Å². The largest absolute Gasteiger partial charge is 0.301 e. The van der Waals surface area contributed by atoms with E-state index in [4.69, 9.17) is 4.98 Å². The third-order valence-electron chi connectivity index (χ3n) is 3.91. The van der Waals surface area contributed by atoms with Gasteiger partial charge in [0.15, 0.2) is 0 Å². The Morgan fingerprint density at radius 3 is 2.68 bits per heavy atom. The van der Waals surface area contributed by atoms with Crippen molar-refractivity contribution in [1.82, 2.24) is 14.8 Å². The number of aromatic nitrogens is 1. The Balaban J connectivity index is 1.90. The molecule has 4 heteroatoms. The topological polar surface area (TPSA) is 19.4 Å². The van der Waals surface area contributed by atoms with E-state index in [1.165, 1.54) is 37.3 Å². The molecule has 0 radical (unpaired) electrons. The molecule has 1 aromatic rings. The molecule has 1 saturated heterocycles. The summed E-state index contributed by atoms with van der Waals surface area (Å²) < 4.78 is 0. The molecule has 1 fully saturated rings. The summed E-state index contributed by atoms with van der Waals surface area (Å²) in [6, 6.07) is 0. The molecule has 1 aliphatic heterocycles. The molecule has 0 N–H and O–H groups in total. The first-order valence-corrected chi connectivity index (χ1v) is 8.99. The van der Waals surface area contributed by atoms with Crippen LogP contribution in [-0.2, 0) is 6.54 Å². The number of rotatable bonds is 7. The molecule has 22 heavy (non-hydrogen) atoms. The van der Waals surface area contributed by atoms with Crippen molar-refractivity contribution in [3.8, 4) is 0 Å². The predicted octanol–water partition coefficient (Wildman–Crippen LogP) is 3.82. The second-order valence-corrected chi connectivity index (χ2v) is 6.46. The Kier molecular flexibility index (Phi) is 7.03. The molecule has 0 saturated carbocycles. The van der Waals surface area contributed by atoms with Crippen molar-refractivity contribution >= 4 is 16.9 Å². The number of allylic oxidation sites excluding steroid dienone is 5. The van der Waals surface area contributed by atoms with Crippen LogP contribution in [-0.4, -0.2) is 47.5 Å².